The first-order valence-electron chi connectivity index (χ1n) is 7.97. The Bertz CT molecular complexity index is 807. The van der Waals surface area contributed by atoms with Gasteiger partial charge in [-0.15, -0.1) is 0 Å². The molecule has 3 heterocycles. The summed E-state index contributed by atoms with van der Waals surface area (Å²) < 4.78 is 5.80. The highest BCUT2D eigenvalue weighted by Gasteiger charge is 2.21. The Kier molecular flexibility index (Phi) is 4.16. The maximum absolute atomic E-state index is 9.64. The van der Waals surface area contributed by atoms with Crippen molar-refractivity contribution in [2.24, 2.45) is 0 Å². The number of aromatic nitrogens is 2. The van der Waals surface area contributed by atoms with Crippen LogP contribution in [0.4, 0.5) is 0 Å². The molecule has 0 radical (unpaired) electrons. The molecule has 2 aliphatic heterocycles. The van der Waals surface area contributed by atoms with Gasteiger partial charge in [0.05, 0.1) is 5.69 Å². The van der Waals surface area contributed by atoms with Gasteiger partial charge in [-0.25, -0.2) is 9.97 Å². The second kappa shape index (κ2) is 6.45. The zero-order chi connectivity index (χ0) is 16.5. The van der Waals surface area contributed by atoms with Crippen molar-refractivity contribution in [1.29, 1.82) is 0 Å². The number of hydrogen-bond donors (Lipinski definition) is 1. The Morgan fingerprint density at radius 3 is 3.17 bits per heavy atom. The zero-order valence-electron chi connectivity index (χ0n) is 13.5. The molecule has 2 aliphatic rings. The number of hydrogen-bond acceptors (Lipinski definition) is 6. The van der Waals surface area contributed by atoms with E-state index in [0.29, 0.717) is 6.61 Å². The fourth-order valence-corrected chi connectivity index (χ4v) is 3.54. The highest BCUT2D eigenvalue weighted by molar-refractivity contribution is 7.98. The molecule has 0 spiro atoms. The van der Waals surface area contributed by atoms with E-state index in [4.69, 9.17) is 4.74 Å². The van der Waals surface area contributed by atoms with Gasteiger partial charge in [-0.3, -0.25) is 4.90 Å². The molecule has 1 aromatic carbocycles. The van der Waals surface area contributed by atoms with E-state index in [2.05, 4.69) is 20.9 Å². The highest BCUT2D eigenvalue weighted by atomic mass is 32.2. The molecule has 24 heavy (non-hydrogen) atoms. The lowest BCUT2D eigenvalue weighted by atomic mass is 10.0. The smallest absolute Gasteiger partial charge is 0.187 e. The number of rotatable bonds is 3. The molecule has 1 aromatic heterocycles. The molecule has 0 unspecified atom stereocenters. The van der Waals surface area contributed by atoms with E-state index in [9.17, 15) is 5.11 Å². The lowest BCUT2D eigenvalue weighted by molar-refractivity contribution is 0.254. The number of nitrogens with zero attached hydrogens (tertiary/aromatic N) is 3. The van der Waals surface area contributed by atoms with E-state index < -0.39 is 0 Å². The van der Waals surface area contributed by atoms with Gasteiger partial charge in [0.15, 0.2) is 5.16 Å². The molecule has 4 rings (SSSR count). The third-order valence-corrected chi connectivity index (χ3v) is 4.93. The molecular formula is C18H19N3O2S. The summed E-state index contributed by atoms with van der Waals surface area (Å²) in [6.07, 6.45) is 7.04. The first-order chi connectivity index (χ1) is 11.7. The van der Waals surface area contributed by atoms with Crippen molar-refractivity contribution in [3.8, 4) is 11.5 Å². The van der Waals surface area contributed by atoms with Crippen LogP contribution in [-0.4, -0.2) is 45.9 Å². The minimum absolute atomic E-state index is 0.267. The van der Waals surface area contributed by atoms with Crippen LogP contribution in [0.1, 0.15) is 16.8 Å². The van der Waals surface area contributed by atoms with Crippen LogP contribution in [-0.2, 0) is 13.0 Å². The fourth-order valence-electron chi connectivity index (χ4n) is 3.18. The molecule has 0 aliphatic carbocycles. The van der Waals surface area contributed by atoms with Crippen LogP contribution in [0, 0.1) is 0 Å². The first kappa shape index (κ1) is 15.5. The summed E-state index contributed by atoms with van der Waals surface area (Å²) in [6, 6.07) is 5.22. The number of aromatic hydroxyl groups is 1. The van der Waals surface area contributed by atoms with E-state index in [1.807, 2.05) is 18.5 Å². The van der Waals surface area contributed by atoms with E-state index in [1.165, 1.54) is 16.8 Å². The van der Waals surface area contributed by atoms with Gasteiger partial charge in [-0.2, -0.15) is 0 Å². The van der Waals surface area contributed by atoms with Crippen molar-refractivity contribution in [3.05, 3.63) is 46.8 Å². The SMILES string of the molecule is CSc1ncc2c(n1)CCN(CC1=Cc3cc(O)ccc3OC1)C2. The van der Waals surface area contributed by atoms with Crippen LogP contribution in [0.2, 0.25) is 0 Å². The predicted molar refractivity (Wildman–Crippen MR) is 94.4 cm³/mol. The Hall–Kier alpha value is -2.05. The van der Waals surface area contributed by atoms with Crippen LogP contribution in [0.15, 0.2) is 35.1 Å². The summed E-state index contributed by atoms with van der Waals surface area (Å²) in [5.74, 6) is 1.10. The number of thioether (sulfide) groups is 1. The predicted octanol–water partition coefficient (Wildman–Crippen LogP) is 2.74. The van der Waals surface area contributed by atoms with Crippen molar-refractivity contribution >= 4 is 17.8 Å². The van der Waals surface area contributed by atoms with Gasteiger partial charge < -0.3 is 9.84 Å². The van der Waals surface area contributed by atoms with Crippen molar-refractivity contribution < 1.29 is 9.84 Å². The number of ether oxygens (including phenoxy) is 1. The van der Waals surface area contributed by atoms with Gasteiger partial charge in [-0.05, 0) is 36.1 Å². The number of phenolic OH excluding ortho intramolecular Hbond substituents is 1. The molecule has 6 heteroatoms. The second-order valence-electron chi connectivity index (χ2n) is 6.10. The van der Waals surface area contributed by atoms with Crippen molar-refractivity contribution in [2.45, 2.75) is 18.1 Å². The molecule has 0 amide bonds. The molecule has 5 nitrogen and oxygen atoms in total. The maximum atomic E-state index is 9.64. The Morgan fingerprint density at radius 2 is 2.29 bits per heavy atom. The topological polar surface area (TPSA) is 58.5 Å². The van der Waals surface area contributed by atoms with Crippen molar-refractivity contribution in [2.75, 3.05) is 26.0 Å². The molecule has 0 bridgehead atoms. The number of fused-ring (bicyclic) bond motifs is 2. The molecular weight excluding hydrogens is 322 g/mol. The summed E-state index contributed by atoms with van der Waals surface area (Å²) in [7, 11) is 0. The summed E-state index contributed by atoms with van der Waals surface area (Å²) in [4.78, 5) is 11.4. The van der Waals surface area contributed by atoms with Crippen LogP contribution in [0.3, 0.4) is 0 Å². The van der Waals surface area contributed by atoms with Crippen molar-refractivity contribution in [3.63, 3.8) is 0 Å². The van der Waals surface area contributed by atoms with Gasteiger partial charge in [0.25, 0.3) is 0 Å². The Balaban J connectivity index is 1.48. The van der Waals surface area contributed by atoms with Crippen LogP contribution < -0.4 is 4.74 Å². The first-order valence-corrected chi connectivity index (χ1v) is 9.20. The number of benzene rings is 1. The monoisotopic (exact) mass is 341 g/mol. The molecule has 0 atom stereocenters. The summed E-state index contributed by atoms with van der Waals surface area (Å²) in [5, 5.41) is 10.5. The van der Waals surface area contributed by atoms with E-state index in [1.54, 1.807) is 23.9 Å². The molecule has 0 fully saturated rings. The van der Waals surface area contributed by atoms with E-state index in [0.717, 1.165) is 42.5 Å². The van der Waals surface area contributed by atoms with Gasteiger partial charge in [0.1, 0.15) is 18.1 Å². The van der Waals surface area contributed by atoms with Crippen LogP contribution >= 0.6 is 11.8 Å². The summed E-state index contributed by atoms with van der Waals surface area (Å²) >= 11 is 1.58. The summed E-state index contributed by atoms with van der Waals surface area (Å²) in [6.45, 7) is 3.32. The summed E-state index contributed by atoms with van der Waals surface area (Å²) in [5.41, 5.74) is 4.56. The van der Waals surface area contributed by atoms with Gasteiger partial charge in [0, 0.05) is 43.4 Å². The average molecular weight is 341 g/mol. The van der Waals surface area contributed by atoms with Gasteiger partial charge >= 0.3 is 0 Å². The fraction of sp³-hybridized carbons (Fsp3) is 0.333. The van der Waals surface area contributed by atoms with Gasteiger partial charge in [-0.1, -0.05) is 11.8 Å². The highest BCUT2D eigenvalue weighted by Crippen LogP contribution is 2.30. The van der Waals surface area contributed by atoms with Crippen LogP contribution in [0.25, 0.3) is 6.08 Å². The maximum Gasteiger partial charge on any atom is 0.187 e. The number of phenols is 1. The normalized spacial score (nSPS) is 16.8. The molecule has 0 saturated heterocycles. The quantitative estimate of drug-likeness (QED) is 0.684. The third-order valence-electron chi connectivity index (χ3n) is 4.37. The second-order valence-corrected chi connectivity index (χ2v) is 6.88. The van der Waals surface area contributed by atoms with Crippen LogP contribution in [0.5, 0.6) is 11.5 Å². The molecule has 124 valence electrons. The molecule has 2 aromatic rings. The van der Waals surface area contributed by atoms with E-state index in [-0.39, 0.29) is 5.75 Å². The standard InChI is InChI=1S/C18H19N3O2S/c1-24-18-19-8-14-10-21(5-4-16(14)20-18)9-12-6-13-7-15(22)2-3-17(13)23-11-12/h2-3,6-8,22H,4-5,9-11H2,1H3. The van der Waals surface area contributed by atoms with E-state index >= 15 is 0 Å². The zero-order valence-corrected chi connectivity index (χ0v) is 14.3. The largest absolute Gasteiger partial charge is 0.508 e. The lowest BCUT2D eigenvalue weighted by Crippen LogP contribution is -2.34. The molecule has 0 saturated carbocycles. The Labute approximate surface area is 145 Å². The lowest BCUT2D eigenvalue weighted by Gasteiger charge is -2.30. The minimum atomic E-state index is 0.267. The van der Waals surface area contributed by atoms with Gasteiger partial charge in [0.2, 0.25) is 0 Å². The third kappa shape index (κ3) is 3.12. The minimum Gasteiger partial charge on any atom is -0.508 e. The molecule has 1 N–H and O–H groups in total. The Morgan fingerprint density at radius 1 is 1.38 bits per heavy atom. The van der Waals surface area contributed by atoms with Crippen molar-refractivity contribution in [1.82, 2.24) is 14.9 Å². The average Bonchev–Trinajstić information content (AvgIpc) is 2.61.